The summed E-state index contributed by atoms with van der Waals surface area (Å²) in [4.78, 5) is 40.1. The minimum absolute atomic E-state index is 0.0175. The summed E-state index contributed by atoms with van der Waals surface area (Å²) in [7, 11) is 0. The third-order valence-corrected chi connectivity index (χ3v) is 5.26. The molecule has 2 heterocycles. The molecule has 1 aromatic carbocycles. The van der Waals surface area contributed by atoms with Crippen LogP contribution >= 0.6 is 11.8 Å². The maximum absolute atomic E-state index is 12.5. The zero-order chi connectivity index (χ0) is 17.8. The van der Waals surface area contributed by atoms with E-state index in [1.54, 1.807) is 16.7 Å². The molecule has 0 bridgehead atoms. The maximum atomic E-state index is 12.5. The number of nitrogens with one attached hydrogen (secondary N) is 1. The molecule has 8 heteroatoms. The fraction of sp³-hybridized carbons (Fsp3) is 0.471. The van der Waals surface area contributed by atoms with Gasteiger partial charge in [-0.25, -0.2) is 4.79 Å². The number of piperazine rings is 1. The number of hydrogen-bond donors (Lipinski definition) is 1. The number of amides is 3. The van der Waals surface area contributed by atoms with E-state index in [9.17, 15) is 14.4 Å². The minimum Gasteiger partial charge on any atom is -0.450 e. The quantitative estimate of drug-likeness (QED) is 0.882. The Hall–Kier alpha value is -2.22. The highest BCUT2D eigenvalue weighted by molar-refractivity contribution is 8.00. The molecule has 2 aliphatic heterocycles. The number of hydrogen-bond acceptors (Lipinski definition) is 5. The van der Waals surface area contributed by atoms with E-state index in [-0.39, 0.29) is 24.3 Å². The molecule has 3 rings (SSSR count). The summed E-state index contributed by atoms with van der Waals surface area (Å²) in [6.07, 6.45) is -0.0368. The van der Waals surface area contributed by atoms with Crippen LogP contribution in [0.5, 0.6) is 0 Å². The Labute approximate surface area is 150 Å². The molecule has 0 atom stereocenters. The molecule has 1 fully saturated rings. The van der Waals surface area contributed by atoms with Crippen LogP contribution in [0.3, 0.4) is 0 Å². The molecule has 7 nitrogen and oxygen atoms in total. The second kappa shape index (κ2) is 7.77. The van der Waals surface area contributed by atoms with Crippen LogP contribution in [-0.4, -0.2) is 66.2 Å². The van der Waals surface area contributed by atoms with E-state index >= 15 is 0 Å². The monoisotopic (exact) mass is 363 g/mol. The number of carbonyl (C=O) groups is 3. The minimum atomic E-state index is -0.322. The molecule has 1 saturated heterocycles. The van der Waals surface area contributed by atoms with Gasteiger partial charge in [-0.2, -0.15) is 0 Å². The van der Waals surface area contributed by atoms with Crippen molar-refractivity contribution in [1.82, 2.24) is 9.80 Å². The van der Waals surface area contributed by atoms with E-state index in [1.807, 2.05) is 18.2 Å². The molecule has 0 saturated carbocycles. The van der Waals surface area contributed by atoms with Gasteiger partial charge in [-0.15, -0.1) is 11.8 Å². The summed E-state index contributed by atoms with van der Waals surface area (Å²) >= 11 is 1.50. The average molecular weight is 363 g/mol. The first-order chi connectivity index (χ1) is 12.1. The normalized spacial score (nSPS) is 16.9. The molecule has 3 amide bonds. The third kappa shape index (κ3) is 4.25. The van der Waals surface area contributed by atoms with Crippen molar-refractivity contribution in [1.29, 1.82) is 0 Å². The molecule has 0 radical (unpaired) electrons. The van der Waals surface area contributed by atoms with Crippen molar-refractivity contribution in [3.63, 3.8) is 0 Å². The van der Waals surface area contributed by atoms with Crippen LogP contribution in [0.2, 0.25) is 0 Å². The lowest BCUT2D eigenvalue weighted by molar-refractivity contribution is -0.132. The van der Waals surface area contributed by atoms with Crippen LogP contribution in [0, 0.1) is 0 Å². The van der Waals surface area contributed by atoms with Gasteiger partial charge in [0.2, 0.25) is 11.8 Å². The van der Waals surface area contributed by atoms with Crippen LogP contribution in [0.25, 0.3) is 0 Å². The maximum Gasteiger partial charge on any atom is 0.409 e. The van der Waals surface area contributed by atoms with Gasteiger partial charge in [-0.1, -0.05) is 6.07 Å². The lowest BCUT2D eigenvalue weighted by Crippen LogP contribution is -2.51. The number of benzene rings is 1. The standard InChI is InChI=1S/C17H21N3O4S/c1-2-24-17(23)20-7-5-19(6-8-20)16(22)10-12-3-4-14-13(9-12)18-15(21)11-25-14/h3-4,9H,2,5-8,10-11H2,1H3,(H,18,21). The van der Waals surface area contributed by atoms with Crippen LogP contribution < -0.4 is 5.32 Å². The molecular formula is C17H21N3O4S. The van der Waals surface area contributed by atoms with Gasteiger partial charge in [-0.05, 0) is 24.6 Å². The first-order valence-electron chi connectivity index (χ1n) is 8.32. The van der Waals surface area contributed by atoms with E-state index in [1.165, 1.54) is 11.8 Å². The zero-order valence-electron chi connectivity index (χ0n) is 14.1. The van der Waals surface area contributed by atoms with Crippen LogP contribution in [0.1, 0.15) is 12.5 Å². The highest BCUT2D eigenvalue weighted by Gasteiger charge is 2.25. The SMILES string of the molecule is CCOC(=O)N1CCN(C(=O)Cc2ccc3c(c2)NC(=O)CS3)CC1. The largest absolute Gasteiger partial charge is 0.450 e. The fourth-order valence-electron chi connectivity index (χ4n) is 2.88. The van der Waals surface area contributed by atoms with Gasteiger partial charge in [0.15, 0.2) is 0 Å². The number of ether oxygens (including phenoxy) is 1. The Morgan fingerprint density at radius 3 is 2.64 bits per heavy atom. The van der Waals surface area contributed by atoms with Gasteiger partial charge in [0.05, 0.1) is 24.5 Å². The van der Waals surface area contributed by atoms with Crippen LogP contribution in [0.4, 0.5) is 10.5 Å². The third-order valence-electron chi connectivity index (χ3n) is 4.19. The van der Waals surface area contributed by atoms with Gasteiger partial charge < -0.3 is 19.9 Å². The Morgan fingerprint density at radius 1 is 1.20 bits per heavy atom. The number of fused-ring (bicyclic) bond motifs is 1. The molecule has 0 spiro atoms. The van der Waals surface area contributed by atoms with Crippen molar-refractivity contribution >= 4 is 35.4 Å². The number of anilines is 1. The van der Waals surface area contributed by atoms with Crippen molar-refractivity contribution in [3.05, 3.63) is 23.8 Å². The first kappa shape index (κ1) is 17.6. The summed E-state index contributed by atoms with van der Waals surface area (Å²) in [6, 6.07) is 5.74. The topological polar surface area (TPSA) is 79.0 Å². The Kier molecular flexibility index (Phi) is 5.47. The summed E-state index contributed by atoms with van der Waals surface area (Å²) < 4.78 is 4.98. The lowest BCUT2D eigenvalue weighted by Gasteiger charge is -2.34. The van der Waals surface area contributed by atoms with E-state index in [0.717, 1.165) is 16.1 Å². The van der Waals surface area contributed by atoms with Crippen molar-refractivity contribution < 1.29 is 19.1 Å². The van der Waals surface area contributed by atoms with Gasteiger partial charge in [0, 0.05) is 31.1 Å². The predicted molar refractivity (Wildman–Crippen MR) is 94.7 cm³/mol. The van der Waals surface area contributed by atoms with Gasteiger partial charge in [-0.3, -0.25) is 9.59 Å². The molecule has 1 aromatic rings. The van der Waals surface area contributed by atoms with Gasteiger partial charge >= 0.3 is 6.09 Å². The van der Waals surface area contributed by atoms with Crippen molar-refractivity contribution in [2.75, 3.05) is 43.9 Å². The van der Waals surface area contributed by atoms with E-state index < -0.39 is 0 Å². The highest BCUT2D eigenvalue weighted by Crippen LogP contribution is 2.32. The van der Waals surface area contributed by atoms with E-state index in [0.29, 0.717) is 38.5 Å². The molecule has 0 aliphatic carbocycles. The number of carbonyl (C=O) groups excluding carboxylic acids is 3. The number of rotatable bonds is 3. The fourth-order valence-corrected chi connectivity index (χ4v) is 3.67. The zero-order valence-corrected chi connectivity index (χ0v) is 14.9. The predicted octanol–water partition coefficient (Wildman–Crippen LogP) is 1.57. The molecular weight excluding hydrogens is 342 g/mol. The molecule has 0 unspecified atom stereocenters. The summed E-state index contributed by atoms with van der Waals surface area (Å²) in [5.41, 5.74) is 1.65. The smallest absolute Gasteiger partial charge is 0.409 e. The van der Waals surface area contributed by atoms with Gasteiger partial charge in [0.1, 0.15) is 0 Å². The summed E-state index contributed by atoms with van der Waals surface area (Å²) in [6.45, 7) is 4.12. The summed E-state index contributed by atoms with van der Waals surface area (Å²) in [5.74, 6) is 0.435. The molecule has 134 valence electrons. The Balaban J connectivity index is 1.56. The van der Waals surface area contributed by atoms with E-state index in [4.69, 9.17) is 4.74 Å². The van der Waals surface area contributed by atoms with Crippen LogP contribution in [-0.2, 0) is 20.7 Å². The van der Waals surface area contributed by atoms with Crippen molar-refractivity contribution in [3.8, 4) is 0 Å². The second-order valence-electron chi connectivity index (χ2n) is 5.91. The molecule has 25 heavy (non-hydrogen) atoms. The second-order valence-corrected chi connectivity index (χ2v) is 6.93. The average Bonchev–Trinajstić information content (AvgIpc) is 2.61. The molecule has 1 N–H and O–H groups in total. The first-order valence-corrected chi connectivity index (χ1v) is 9.30. The van der Waals surface area contributed by atoms with Crippen molar-refractivity contribution in [2.24, 2.45) is 0 Å². The Bertz CT molecular complexity index is 686. The van der Waals surface area contributed by atoms with Gasteiger partial charge in [0.25, 0.3) is 0 Å². The van der Waals surface area contributed by atoms with E-state index in [2.05, 4.69) is 5.32 Å². The molecule has 2 aliphatic rings. The number of nitrogens with zero attached hydrogens (tertiary/aromatic N) is 2. The number of thioether (sulfide) groups is 1. The van der Waals surface area contributed by atoms with Crippen molar-refractivity contribution in [2.45, 2.75) is 18.2 Å². The van der Waals surface area contributed by atoms with Crippen LogP contribution in [0.15, 0.2) is 23.1 Å². The lowest BCUT2D eigenvalue weighted by atomic mass is 10.1. The Morgan fingerprint density at radius 2 is 1.92 bits per heavy atom. The molecule has 0 aromatic heterocycles. The highest BCUT2D eigenvalue weighted by atomic mass is 32.2. The summed E-state index contributed by atoms with van der Waals surface area (Å²) in [5, 5.41) is 2.84.